The van der Waals surface area contributed by atoms with Crippen molar-refractivity contribution in [3.05, 3.63) is 65.4 Å². The summed E-state index contributed by atoms with van der Waals surface area (Å²) in [4.78, 5) is 16.3. The number of aliphatic imine (C=N–C) groups is 1. The molecular weight excluding hydrogens is 318 g/mol. The van der Waals surface area contributed by atoms with E-state index < -0.39 is 5.97 Å². The summed E-state index contributed by atoms with van der Waals surface area (Å²) < 4.78 is 15.7. The van der Waals surface area contributed by atoms with Crippen LogP contribution in [0.2, 0.25) is 0 Å². The van der Waals surface area contributed by atoms with E-state index in [0.29, 0.717) is 18.0 Å². The summed E-state index contributed by atoms with van der Waals surface area (Å²) in [6.07, 6.45) is 2.97. The van der Waals surface area contributed by atoms with Gasteiger partial charge in [-0.1, -0.05) is 24.3 Å². The Bertz CT molecular complexity index is 839. The number of rotatable bonds is 6. The lowest BCUT2D eigenvalue weighted by Gasteiger charge is -2.03. The van der Waals surface area contributed by atoms with Gasteiger partial charge in [0.1, 0.15) is 11.5 Å². The summed E-state index contributed by atoms with van der Waals surface area (Å²) in [5, 5.41) is 0. The molecule has 0 aromatic heterocycles. The van der Waals surface area contributed by atoms with Gasteiger partial charge in [-0.15, -0.1) is 0 Å². The summed E-state index contributed by atoms with van der Waals surface area (Å²) in [7, 11) is 3.24. The maximum absolute atomic E-state index is 12.0. The van der Waals surface area contributed by atoms with Crippen LogP contribution in [0.5, 0.6) is 11.5 Å². The Morgan fingerprint density at radius 2 is 1.72 bits per heavy atom. The van der Waals surface area contributed by atoms with Crippen molar-refractivity contribution in [2.45, 2.75) is 12.8 Å². The summed E-state index contributed by atoms with van der Waals surface area (Å²) in [6.45, 7) is 0. The molecule has 3 rings (SSSR count). The van der Waals surface area contributed by atoms with Gasteiger partial charge in [-0.3, -0.25) is 0 Å². The fourth-order valence-corrected chi connectivity index (χ4v) is 2.53. The van der Waals surface area contributed by atoms with Crippen molar-refractivity contribution in [3.63, 3.8) is 0 Å². The Balaban J connectivity index is 1.70. The van der Waals surface area contributed by atoms with Crippen LogP contribution in [0.25, 0.3) is 6.08 Å². The second-order valence-corrected chi connectivity index (χ2v) is 5.55. The van der Waals surface area contributed by atoms with Gasteiger partial charge in [0.15, 0.2) is 11.6 Å². The van der Waals surface area contributed by atoms with Crippen LogP contribution in [0.3, 0.4) is 0 Å². The SMILES string of the molecule is COc1cccc(/C=C2/N=C(CCc3cccc(OC)c3)OC2=O)c1. The van der Waals surface area contributed by atoms with E-state index in [1.54, 1.807) is 20.3 Å². The summed E-state index contributed by atoms with van der Waals surface area (Å²) in [5.41, 5.74) is 2.24. The number of methoxy groups -OCH3 is 2. The zero-order valence-electron chi connectivity index (χ0n) is 14.2. The number of carbonyl (C=O) groups excluding carboxylic acids is 1. The lowest BCUT2D eigenvalue weighted by molar-refractivity contribution is -0.130. The lowest BCUT2D eigenvalue weighted by Crippen LogP contribution is -2.05. The molecule has 1 aliphatic rings. The van der Waals surface area contributed by atoms with E-state index >= 15 is 0 Å². The quantitative estimate of drug-likeness (QED) is 0.596. The molecule has 25 heavy (non-hydrogen) atoms. The van der Waals surface area contributed by atoms with Crippen molar-refractivity contribution in [3.8, 4) is 11.5 Å². The van der Waals surface area contributed by atoms with Crippen LogP contribution in [0.15, 0.2) is 59.2 Å². The number of ether oxygens (including phenoxy) is 3. The summed E-state index contributed by atoms with van der Waals surface area (Å²) in [5.74, 6) is 1.54. The molecule has 0 saturated carbocycles. The molecule has 0 saturated heterocycles. The van der Waals surface area contributed by atoms with E-state index in [1.165, 1.54) is 0 Å². The molecule has 1 aliphatic heterocycles. The molecule has 0 atom stereocenters. The molecule has 2 aromatic rings. The van der Waals surface area contributed by atoms with Crippen molar-refractivity contribution < 1.29 is 19.0 Å². The molecule has 128 valence electrons. The smallest absolute Gasteiger partial charge is 0.363 e. The third-order valence-corrected chi connectivity index (χ3v) is 3.82. The number of nitrogens with zero attached hydrogens (tertiary/aromatic N) is 1. The average Bonchev–Trinajstić information content (AvgIpc) is 3.00. The predicted octanol–water partition coefficient (Wildman–Crippen LogP) is 3.63. The van der Waals surface area contributed by atoms with Crippen molar-refractivity contribution in [1.82, 2.24) is 0 Å². The molecule has 0 unspecified atom stereocenters. The number of aryl methyl sites for hydroxylation is 1. The zero-order chi connectivity index (χ0) is 17.6. The molecule has 5 heteroatoms. The molecule has 0 aliphatic carbocycles. The normalized spacial score (nSPS) is 15.0. The highest BCUT2D eigenvalue weighted by atomic mass is 16.6. The maximum Gasteiger partial charge on any atom is 0.363 e. The summed E-state index contributed by atoms with van der Waals surface area (Å²) >= 11 is 0. The molecule has 0 radical (unpaired) electrons. The number of benzene rings is 2. The van der Waals surface area contributed by atoms with Crippen LogP contribution >= 0.6 is 0 Å². The van der Waals surface area contributed by atoms with Gasteiger partial charge < -0.3 is 14.2 Å². The first-order valence-corrected chi connectivity index (χ1v) is 7.96. The second kappa shape index (κ2) is 7.66. The molecule has 0 amide bonds. The van der Waals surface area contributed by atoms with Crippen LogP contribution in [0, 0.1) is 0 Å². The van der Waals surface area contributed by atoms with Crippen LogP contribution in [-0.2, 0) is 16.0 Å². The van der Waals surface area contributed by atoms with Gasteiger partial charge in [0.05, 0.1) is 14.2 Å². The van der Waals surface area contributed by atoms with Crippen molar-refractivity contribution in [2.75, 3.05) is 14.2 Å². The molecule has 1 heterocycles. The number of hydrogen-bond donors (Lipinski definition) is 0. The van der Waals surface area contributed by atoms with Crippen molar-refractivity contribution >= 4 is 17.9 Å². The van der Waals surface area contributed by atoms with Gasteiger partial charge in [-0.2, -0.15) is 0 Å². The first-order chi connectivity index (χ1) is 12.2. The number of cyclic esters (lactones) is 1. The first kappa shape index (κ1) is 16.8. The number of carbonyl (C=O) groups is 1. The van der Waals surface area contributed by atoms with E-state index in [1.807, 2.05) is 48.5 Å². The van der Waals surface area contributed by atoms with Gasteiger partial charge in [-0.25, -0.2) is 9.79 Å². The average molecular weight is 337 g/mol. The van der Waals surface area contributed by atoms with E-state index in [2.05, 4.69) is 4.99 Å². The predicted molar refractivity (Wildman–Crippen MR) is 95.8 cm³/mol. The van der Waals surface area contributed by atoms with E-state index in [4.69, 9.17) is 14.2 Å². The first-order valence-electron chi connectivity index (χ1n) is 7.96. The van der Waals surface area contributed by atoms with Gasteiger partial charge in [0.25, 0.3) is 0 Å². The third kappa shape index (κ3) is 4.26. The maximum atomic E-state index is 12.0. The highest BCUT2D eigenvalue weighted by molar-refractivity contribution is 6.07. The minimum absolute atomic E-state index is 0.300. The minimum atomic E-state index is -0.427. The fourth-order valence-electron chi connectivity index (χ4n) is 2.53. The van der Waals surface area contributed by atoms with E-state index in [9.17, 15) is 4.79 Å². The Labute approximate surface area is 146 Å². The van der Waals surface area contributed by atoms with Crippen molar-refractivity contribution in [2.24, 2.45) is 4.99 Å². The number of esters is 1. The highest BCUT2D eigenvalue weighted by Crippen LogP contribution is 2.21. The lowest BCUT2D eigenvalue weighted by atomic mass is 10.1. The molecule has 5 nitrogen and oxygen atoms in total. The van der Waals surface area contributed by atoms with Gasteiger partial charge in [-0.05, 0) is 47.9 Å². The molecular formula is C20H19NO4. The monoisotopic (exact) mass is 337 g/mol. The Hall–Kier alpha value is -3.08. The zero-order valence-corrected chi connectivity index (χ0v) is 14.2. The Morgan fingerprint density at radius 3 is 2.48 bits per heavy atom. The molecule has 2 aromatic carbocycles. The second-order valence-electron chi connectivity index (χ2n) is 5.55. The van der Waals surface area contributed by atoms with Crippen LogP contribution < -0.4 is 9.47 Å². The van der Waals surface area contributed by atoms with Crippen LogP contribution in [0.4, 0.5) is 0 Å². The number of hydrogen-bond acceptors (Lipinski definition) is 5. The minimum Gasteiger partial charge on any atom is -0.497 e. The summed E-state index contributed by atoms with van der Waals surface area (Å²) in [6, 6.07) is 15.2. The Morgan fingerprint density at radius 1 is 1.00 bits per heavy atom. The van der Waals surface area contributed by atoms with E-state index in [0.717, 1.165) is 29.0 Å². The topological polar surface area (TPSA) is 57.1 Å². The van der Waals surface area contributed by atoms with Gasteiger partial charge in [0, 0.05) is 6.42 Å². The molecule has 0 N–H and O–H groups in total. The molecule has 0 fully saturated rings. The van der Waals surface area contributed by atoms with Crippen molar-refractivity contribution in [1.29, 1.82) is 0 Å². The third-order valence-electron chi connectivity index (χ3n) is 3.82. The molecule has 0 bridgehead atoms. The standard InChI is InChI=1S/C20H19NO4/c1-23-16-7-3-5-14(11-16)9-10-19-21-18(20(22)25-19)13-15-6-4-8-17(12-15)24-2/h3-8,11-13H,9-10H2,1-2H3/b18-13+. The largest absolute Gasteiger partial charge is 0.497 e. The highest BCUT2D eigenvalue weighted by Gasteiger charge is 2.22. The Kier molecular flexibility index (Phi) is 5.14. The van der Waals surface area contributed by atoms with Gasteiger partial charge >= 0.3 is 5.97 Å². The van der Waals surface area contributed by atoms with Crippen LogP contribution in [0.1, 0.15) is 17.5 Å². The molecule has 0 spiro atoms. The van der Waals surface area contributed by atoms with E-state index in [-0.39, 0.29) is 0 Å². The van der Waals surface area contributed by atoms with Gasteiger partial charge in [0.2, 0.25) is 0 Å². The van der Waals surface area contributed by atoms with Crippen LogP contribution in [-0.4, -0.2) is 26.1 Å². The fraction of sp³-hybridized carbons (Fsp3) is 0.200.